The third kappa shape index (κ3) is 3.14. The van der Waals surface area contributed by atoms with Crippen LogP contribution in [0.25, 0.3) is 0 Å². The first-order chi connectivity index (χ1) is 11.0. The van der Waals surface area contributed by atoms with E-state index in [1.165, 1.54) is 18.4 Å². The zero-order valence-electron chi connectivity index (χ0n) is 13.6. The van der Waals surface area contributed by atoms with Crippen LogP contribution in [0, 0.1) is 0 Å². The van der Waals surface area contributed by atoms with E-state index >= 15 is 0 Å². The van der Waals surface area contributed by atoms with Gasteiger partial charge < -0.3 is 11.1 Å². The largest absolute Gasteiger partial charge is 0.324 e. The summed E-state index contributed by atoms with van der Waals surface area (Å²) in [5, 5.41) is 2.89. The second-order valence-corrected chi connectivity index (χ2v) is 6.38. The number of hydrogen-bond acceptors (Lipinski definition) is 3. The molecule has 0 radical (unpaired) electrons. The Morgan fingerprint density at radius 1 is 1.09 bits per heavy atom. The minimum absolute atomic E-state index is 0.184. The minimum Gasteiger partial charge on any atom is -0.324 e. The molecule has 4 nitrogen and oxygen atoms in total. The predicted octanol–water partition coefficient (Wildman–Crippen LogP) is 2.88. The van der Waals surface area contributed by atoms with Crippen LogP contribution in [-0.2, 0) is 10.3 Å². The molecule has 3 N–H and O–H groups in total. The van der Waals surface area contributed by atoms with Crippen LogP contribution in [0.1, 0.15) is 30.0 Å². The molecule has 0 heterocycles. The first kappa shape index (κ1) is 15.7. The summed E-state index contributed by atoms with van der Waals surface area (Å²) in [7, 11) is 4.23. The van der Waals surface area contributed by atoms with Crippen molar-refractivity contribution in [1.82, 2.24) is 4.90 Å². The van der Waals surface area contributed by atoms with Crippen LogP contribution in [0.15, 0.2) is 54.6 Å². The molecule has 0 aliphatic heterocycles. The summed E-state index contributed by atoms with van der Waals surface area (Å²) in [4.78, 5) is 14.5. The molecular formula is C19H23N3O. The van der Waals surface area contributed by atoms with Crippen molar-refractivity contribution in [3.63, 3.8) is 0 Å². The lowest BCUT2D eigenvalue weighted by Crippen LogP contribution is -2.28. The number of nitrogens with one attached hydrogen (secondary N) is 1. The van der Waals surface area contributed by atoms with Crippen molar-refractivity contribution in [3.05, 3.63) is 65.7 Å². The Morgan fingerprint density at radius 3 is 2.22 bits per heavy atom. The van der Waals surface area contributed by atoms with Crippen LogP contribution < -0.4 is 11.1 Å². The Bertz CT molecular complexity index is 676. The molecule has 1 aliphatic rings. The zero-order valence-corrected chi connectivity index (χ0v) is 13.6. The molecule has 0 bridgehead atoms. The van der Waals surface area contributed by atoms with E-state index in [1.807, 2.05) is 42.5 Å². The molecule has 1 atom stereocenters. The molecule has 1 unspecified atom stereocenters. The van der Waals surface area contributed by atoms with E-state index in [2.05, 4.69) is 36.4 Å². The van der Waals surface area contributed by atoms with E-state index in [0.717, 1.165) is 11.3 Å². The van der Waals surface area contributed by atoms with Gasteiger partial charge in [-0.05, 0) is 50.2 Å². The van der Waals surface area contributed by atoms with E-state index in [-0.39, 0.29) is 11.4 Å². The molecule has 2 aromatic rings. The van der Waals surface area contributed by atoms with E-state index in [1.54, 1.807) is 0 Å². The summed E-state index contributed by atoms with van der Waals surface area (Å²) in [6.45, 7) is 0. The van der Waals surface area contributed by atoms with Crippen LogP contribution in [0.4, 0.5) is 5.69 Å². The SMILES string of the molecule is CN(C)C1(c2ccc(NC(=O)C(N)c3ccccc3)cc2)CC1. The quantitative estimate of drug-likeness (QED) is 0.893. The molecule has 3 rings (SSSR count). The Morgan fingerprint density at radius 2 is 1.70 bits per heavy atom. The van der Waals surface area contributed by atoms with Gasteiger partial charge in [0.05, 0.1) is 0 Å². The molecule has 0 aromatic heterocycles. The second-order valence-electron chi connectivity index (χ2n) is 6.38. The number of benzene rings is 2. The lowest BCUT2D eigenvalue weighted by Gasteiger charge is -2.24. The van der Waals surface area contributed by atoms with Gasteiger partial charge in [0, 0.05) is 11.2 Å². The number of carbonyl (C=O) groups excluding carboxylic acids is 1. The Hall–Kier alpha value is -2.17. The van der Waals surface area contributed by atoms with Crippen molar-refractivity contribution in [3.8, 4) is 0 Å². The number of nitrogens with zero attached hydrogens (tertiary/aromatic N) is 1. The molecule has 1 amide bonds. The lowest BCUT2D eigenvalue weighted by atomic mass is 10.0. The Kier molecular flexibility index (Phi) is 4.20. The summed E-state index contributed by atoms with van der Waals surface area (Å²) in [5.74, 6) is -0.197. The first-order valence-corrected chi connectivity index (χ1v) is 7.92. The van der Waals surface area contributed by atoms with Crippen LogP contribution >= 0.6 is 0 Å². The molecule has 23 heavy (non-hydrogen) atoms. The van der Waals surface area contributed by atoms with Gasteiger partial charge in [0.2, 0.25) is 5.91 Å². The van der Waals surface area contributed by atoms with Crippen LogP contribution in [0.5, 0.6) is 0 Å². The van der Waals surface area contributed by atoms with E-state index in [0.29, 0.717) is 0 Å². The molecule has 1 fully saturated rings. The van der Waals surface area contributed by atoms with Gasteiger partial charge in [-0.3, -0.25) is 9.69 Å². The van der Waals surface area contributed by atoms with Gasteiger partial charge in [-0.15, -0.1) is 0 Å². The number of hydrogen-bond donors (Lipinski definition) is 2. The topological polar surface area (TPSA) is 58.4 Å². The van der Waals surface area contributed by atoms with Crippen molar-refractivity contribution in [1.29, 1.82) is 0 Å². The summed E-state index contributed by atoms with van der Waals surface area (Å²) >= 11 is 0. The predicted molar refractivity (Wildman–Crippen MR) is 93.0 cm³/mol. The van der Waals surface area contributed by atoms with Gasteiger partial charge in [0.1, 0.15) is 6.04 Å². The fourth-order valence-electron chi connectivity index (χ4n) is 3.01. The average Bonchev–Trinajstić information content (AvgIpc) is 3.37. The Balaban J connectivity index is 1.68. The zero-order chi connectivity index (χ0) is 16.4. The maximum atomic E-state index is 12.3. The Labute approximate surface area is 137 Å². The van der Waals surface area contributed by atoms with Gasteiger partial charge in [0.25, 0.3) is 0 Å². The molecule has 2 aromatic carbocycles. The van der Waals surface area contributed by atoms with Gasteiger partial charge in [-0.1, -0.05) is 42.5 Å². The molecule has 0 spiro atoms. The maximum Gasteiger partial charge on any atom is 0.245 e. The summed E-state index contributed by atoms with van der Waals surface area (Å²) in [5.41, 5.74) is 9.09. The van der Waals surface area contributed by atoms with E-state index in [4.69, 9.17) is 5.73 Å². The monoisotopic (exact) mass is 309 g/mol. The number of amides is 1. The van der Waals surface area contributed by atoms with Gasteiger partial charge in [-0.2, -0.15) is 0 Å². The van der Waals surface area contributed by atoms with Gasteiger partial charge in [-0.25, -0.2) is 0 Å². The van der Waals surface area contributed by atoms with Crippen molar-refractivity contribution in [2.45, 2.75) is 24.4 Å². The highest BCUT2D eigenvalue weighted by molar-refractivity contribution is 5.95. The third-order valence-corrected chi connectivity index (χ3v) is 4.71. The van der Waals surface area contributed by atoms with E-state index < -0.39 is 6.04 Å². The first-order valence-electron chi connectivity index (χ1n) is 7.92. The molecule has 1 aliphatic carbocycles. The molecule has 0 saturated heterocycles. The fraction of sp³-hybridized carbons (Fsp3) is 0.316. The van der Waals surface area contributed by atoms with Gasteiger partial charge in [0.15, 0.2) is 0 Å². The standard InChI is InChI=1S/C19H23N3O/c1-22(2)19(12-13-19)15-8-10-16(11-9-15)21-18(23)17(20)14-6-4-3-5-7-14/h3-11,17H,12-13,20H2,1-2H3,(H,21,23). The van der Waals surface area contributed by atoms with Crippen molar-refractivity contribution >= 4 is 11.6 Å². The normalized spacial score (nSPS) is 16.9. The number of rotatable bonds is 5. The van der Waals surface area contributed by atoms with Crippen LogP contribution in [-0.4, -0.2) is 24.9 Å². The molecule has 1 saturated carbocycles. The van der Waals surface area contributed by atoms with Gasteiger partial charge >= 0.3 is 0 Å². The summed E-state index contributed by atoms with van der Waals surface area (Å²) < 4.78 is 0. The summed E-state index contributed by atoms with van der Waals surface area (Å²) in [6, 6.07) is 16.8. The maximum absolute atomic E-state index is 12.3. The number of carbonyl (C=O) groups is 1. The highest BCUT2D eigenvalue weighted by Gasteiger charge is 2.46. The molecule has 120 valence electrons. The van der Waals surface area contributed by atoms with Crippen molar-refractivity contribution < 1.29 is 4.79 Å². The van der Waals surface area contributed by atoms with E-state index in [9.17, 15) is 4.79 Å². The lowest BCUT2D eigenvalue weighted by molar-refractivity contribution is -0.117. The van der Waals surface area contributed by atoms with Crippen molar-refractivity contribution in [2.24, 2.45) is 5.73 Å². The average molecular weight is 309 g/mol. The number of nitrogens with two attached hydrogens (primary N) is 1. The smallest absolute Gasteiger partial charge is 0.245 e. The van der Waals surface area contributed by atoms with Crippen LogP contribution in [0.2, 0.25) is 0 Å². The molecular weight excluding hydrogens is 286 g/mol. The highest BCUT2D eigenvalue weighted by atomic mass is 16.2. The minimum atomic E-state index is -0.660. The number of anilines is 1. The third-order valence-electron chi connectivity index (χ3n) is 4.71. The van der Waals surface area contributed by atoms with Crippen molar-refractivity contribution in [2.75, 3.05) is 19.4 Å². The fourth-order valence-corrected chi connectivity index (χ4v) is 3.01. The van der Waals surface area contributed by atoms with Crippen LogP contribution in [0.3, 0.4) is 0 Å². The highest BCUT2D eigenvalue weighted by Crippen LogP contribution is 2.49. The second kappa shape index (κ2) is 6.14. The molecule has 4 heteroatoms. The summed E-state index contributed by atoms with van der Waals surface area (Å²) in [6.07, 6.45) is 2.37.